The van der Waals surface area contributed by atoms with Gasteiger partial charge in [-0.3, -0.25) is 9.69 Å². The molecule has 0 fully saturated rings. The molecule has 3 aromatic rings. The van der Waals surface area contributed by atoms with Crippen LogP contribution in [-0.2, 0) is 4.74 Å². The highest BCUT2D eigenvalue weighted by atomic mass is 16.6. The predicted molar refractivity (Wildman–Crippen MR) is 128 cm³/mol. The molecule has 1 aliphatic rings. The van der Waals surface area contributed by atoms with E-state index in [0.29, 0.717) is 41.4 Å². The summed E-state index contributed by atoms with van der Waals surface area (Å²) in [5.41, 5.74) is 5.21. The minimum absolute atomic E-state index is 0.195. The number of aromatic nitrogens is 1. The average Bonchev–Trinajstić information content (AvgIpc) is 3.20. The zero-order valence-corrected chi connectivity index (χ0v) is 19.7. The van der Waals surface area contributed by atoms with Crippen molar-refractivity contribution < 1.29 is 18.8 Å². The highest BCUT2D eigenvalue weighted by molar-refractivity contribution is 6.13. The number of carbonyl (C=O) groups is 2. The highest BCUT2D eigenvalue weighted by Gasteiger charge is 2.39. The third kappa shape index (κ3) is 3.99. The molecular formula is C26H29N3O4. The fraction of sp³-hybridized carbons (Fsp3) is 0.346. The summed E-state index contributed by atoms with van der Waals surface area (Å²) in [6.07, 6.45) is 0.274. The first-order chi connectivity index (χ1) is 15.9. The van der Waals surface area contributed by atoms with Crippen molar-refractivity contribution in [1.29, 1.82) is 0 Å². The molecule has 1 aliphatic heterocycles. The molecule has 33 heavy (non-hydrogen) atoms. The Balaban J connectivity index is 1.85. The van der Waals surface area contributed by atoms with Crippen molar-refractivity contribution >= 4 is 23.4 Å². The summed E-state index contributed by atoms with van der Waals surface area (Å²) >= 11 is 0. The second kappa shape index (κ2) is 9.10. The SMILES string of the molecule is CCOC(=O)N1c2cc(C)c(C)cc2N(C(=O)c2c(-c3ccccc3)noc2C)CC1CC. The van der Waals surface area contributed by atoms with Gasteiger partial charge in [-0.05, 0) is 57.4 Å². The molecule has 2 amide bonds. The number of aryl methyl sites for hydroxylation is 3. The highest BCUT2D eigenvalue weighted by Crippen LogP contribution is 2.40. The van der Waals surface area contributed by atoms with Gasteiger partial charge in [-0.25, -0.2) is 4.79 Å². The molecule has 1 aromatic heterocycles. The molecule has 4 rings (SSSR count). The Bertz CT molecular complexity index is 1190. The third-order valence-electron chi connectivity index (χ3n) is 6.20. The second-order valence-electron chi connectivity index (χ2n) is 8.30. The fourth-order valence-corrected chi connectivity index (χ4v) is 4.28. The zero-order chi connectivity index (χ0) is 23.7. The number of hydrogen-bond donors (Lipinski definition) is 0. The van der Waals surface area contributed by atoms with E-state index in [1.807, 2.05) is 63.2 Å². The quantitative estimate of drug-likeness (QED) is 0.515. The Morgan fingerprint density at radius 1 is 1.06 bits per heavy atom. The molecule has 7 nitrogen and oxygen atoms in total. The number of anilines is 2. The summed E-state index contributed by atoms with van der Waals surface area (Å²) in [5, 5.41) is 4.19. The Hall–Kier alpha value is -3.61. The number of hydrogen-bond acceptors (Lipinski definition) is 5. The van der Waals surface area contributed by atoms with Gasteiger partial charge in [0.05, 0.1) is 24.0 Å². The number of carbonyl (C=O) groups excluding carboxylic acids is 2. The van der Waals surface area contributed by atoms with Crippen LogP contribution in [0.15, 0.2) is 47.0 Å². The molecule has 1 unspecified atom stereocenters. The average molecular weight is 448 g/mol. The van der Waals surface area contributed by atoms with Gasteiger partial charge in [0.15, 0.2) is 0 Å². The zero-order valence-electron chi connectivity index (χ0n) is 19.7. The molecular weight excluding hydrogens is 418 g/mol. The van der Waals surface area contributed by atoms with Crippen LogP contribution in [0.25, 0.3) is 11.3 Å². The molecule has 2 heterocycles. The van der Waals surface area contributed by atoms with E-state index in [1.54, 1.807) is 23.6 Å². The maximum Gasteiger partial charge on any atom is 0.414 e. The van der Waals surface area contributed by atoms with E-state index < -0.39 is 6.09 Å². The minimum atomic E-state index is -0.396. The van der Waals surface area contributed by atoms with E-state index in [1.165, 1.54) is 0 Å². The van der Waals surface area contributed by atoms with E-state index in [0.717, 1.165) is 16.7 Å². The smallest absolute Gasteiger partial charge is 0.414 e. The first-order valence-corrected chi connectivity index (χ1v) is 11.3. The second-order valence-corrected chi connectivity index (χ2v) is 8.30. The fourth-order valence-electron chi connectivity index (χ4n) is 4.28. The molecule has 0 aliphatic carbocycles. The topological polar surface area (TPSA) is 75.9 Å². The minimum Gasteiger partial charge on any atom is -0.449 e. The van der Waals surface area contributed by atoms with Gasteiger partial charge in [0, 0.05) is 12.1 Å². The standard InChI is InChI=1S/C26H29N3O4/c1-6-20-15-28(21-13-16(3)17(4)14-22(21)29(20)26(31)32-7-2)25(30)23-18(5)33-27-24(23)19-11-9-8-10-12-19/h8-14,20H,6-7,15H2,1-5H3. The number of fused-ring (bicyclic) bond motifs is 1. The van der Waals surface area contributed by atoms with Crippen LogP contribution in [0.5, 0.6) is 0 Å². The van der Waals surface area contributed by atoms with E-state index in [4.69, 9.17) is 9.26 Å². The van der Waals surface area contributed by atoms with Crippen LogP contribution in [0.4, 0.5) is 16.2 Å². The Labute approximate surface area is 193 Å². The van der Waals surface area contributed by atoms with Crippen molar-refractivity contribution in [3.8, 4) is 11.3 Å². The van der Waals surface area contributed by atoms with Crippen LogP contribution in [0.1, 0.15) is 47.5 Å². The van der Waals surface area contributed by atoms with Crippen LogP contribution in [-0.4, -0.2) is 36.4 Å². The van der Waals surface area contributed by atoms with E-state index >= 15 is 0 Å². The van der Waals surface area contributed by atoms with Gasteiger partial charge in [-0.15, -0.1) is 0 Å². The van der Waals surface area contributed by atoms with Gasteiger partial charge in [0.2, 0.25) is 0 Å². The van der Waals surface area contributed by atoms with Crippen molar-refractivity contribution in [3.05, 3.63) is 64.9 Å². The summed E-state index contributed by atoms with van der Waals surface area (Å²) < 4.78 is 10.8. The summed E-state index contributed by atoms with van der Waals surface area (Å²) in [5.74, 6) is 0.268. The number of rotatable bonds is 4. The summed E-state index contributed by atoms with van der Waals surface area (Å²) in [6, 6.07) is 13.2. The van der Waals surface area contributed by atoms with Crippen LogP contribution in [0.2, 0.25) is 0 Å². The third-order valence-corrected chi connectivity index (χ3v) is 6.20. The lowest BCUT2D eigenvalue weighted by molar-refractivity contribution is 0.0980. The molecule has 0 radical (unpaired) electrons. The monoisotopic (exact) mass is 447 g/mol. The van der Waals surface area contributed by atoms with Gasteiger partial charge in [-0.2, -0.15) is 0 Å². The first kappa shape index (κ1) is 22.6. The van der Waals surface area contributed by atoms with Gasteiger partial charge in [-0.1, -0.05) is 42.4 Å². The lowest BCUT2D eigenvalue weighted by atomic mass is 9.98. The summed E-state index contributed by atoms with van der Waals surface area (Å²) in [6.45, 7) is 10.2. The largest absolute Gasteiger partial charge is 0.449 e. The maximum atomic E-state index is 14.0. The molecule has 2 aromatic carbocycles. The summed E-state index contributed by atoms with van der Waals surface area (Å²) in [4.78, 5) is 30.3. The Kier molecular flexibility index (Phi) is 6.22. The van der Waals surface area contributed by atoms with Crippen molar-refractivity contribution in [3.63, 3.8) is 0 Å². The van der Waals surface area contributed by atoms with E-state index in [-0.39, 0.29) is 18.6 Å². The molecule has 0 N–H and O–H groups in total. The van der Waals surface area contributed by atoms with Gasteiger partial charge < -0.3 is 14.2 Å². The van der Waals surface area contributed by atoms with Gasteiger partial charge in [0.1, 0.15) is 17.0 Å². The van der Waals surface area contributed by atoms with Crippen molar-refractivity contribution in [2.24, 2.45) is 0 Å². The van der Waals surface area contributed by atoms with Gasteiger partial charge >= 0.3 is 6.09 Å². The van der Waals surface area contributed by atoms with Crippen molar-refractivity contribution in [2.45, 2.75) is 47.1 Å². The molecule has 172 valence electrons. The van der Waals surface area contributed by atoms with Crippen LogP contribution >= 0.6 is 0 Å². The van der Waals surface area contributed by atoms with Gasteiger partial charge in [0.25, 0.3) is 5.91 Å². The summed E-state index contributed by atoms with van der Waals surface area (Å²) in [7, 11) is 0. The lowest BCUT2D eigenvalue weighted by Crippen LogP contribution is -2.53. The lowest BCUT2D eigenvalue weighted by Gasteiger charge is -2.42. The van der Waals surface area contributed by atoms with E-state index in [2.05, 4.69) is 5.16 Å². The maximum absolute atomic E-state index is 14.0. The first-order valence-electron chi connectivity index (χ1n) is 11.3. The molecule has 0 bridgehead atoms. The van der Waals surface area contributed by atoms with Crippen LogP contribution in [0.3, 0.4) is 0 Å². The van der Waals surface area contributed by atoms with Crippen molar-refractivity contribution in [1.82, 2.24) is 5.16 Å². The normalized spacial score (nSPS) is 15.4. The molecule has 7 heteroatoms. The number of benzene rings is 2. The van der Waals surface area contributed by atoms with Crippen molar-refractivity contribution in [2.75, 3.05) is 23.0 Å². The number of ether oxygens (including phenoxy) is 1. The number of amides is 2. The predicted octanol–water partition coefficient (Wildman–Crippen LogP) is 5.67. The molecule has 1 atom stereocenters. The van der Waals surface area contributed by atoms with Crippen LogP contribution < -0.4 is 9.80 Å². The Morgan fingerprint density at radius 2 is 1.73 bits per heavy atom. The van der Waals surface area contributed by atoms with Crippen LogP contribution in [0, 0.1) is 20.8 Å². The molecule has 0 saturated carbocycles. The van der Waals surface area contributed by atoms with E-state index in [9.17, 15) is 9.59 Å². The Morgan fingerprint density at radius 3 is 2.36 bits per heavy atom. The number of nitrogens with zero attached hydrogens (tertiary/aromatic N) is 3. The molecule has 0 saturated heterocycles. The molecule has 0 spiro atoms.